The van der Waals surface area contributed by atoms with Gasteiger partial charge in [-0.3, -0.25) is 0 Å². The van der Waals surface area contributed by atoms with Gasteiger partial charge in [-0.05, 0) is 26.3 Å². The molecule has 1 N–H and O–H groups in total. The average molecular weight is 337 g/mol. The van der Waals surface area contributed by atoms with E-state index < -0.39 is 0 Å². The normalized spacial score (nSPS) is 11.2. The van der Waals surface area contributed by atoms with Crippen molar-refractivity contribution in [1.29, 1.82) is 0 Å². The number of carbonyl (C=O) groups is 1. The largest absolute Gasteiger partial charge is 0.462 e. The van der Waals surface area contributed by atoms with E-state index in [1.54, 1.807) is 17.8 Å². The number of benzene rings is 1. The number of rotatable bonds is 5. The number of hydrogen-bond donors (Lipinski definition) is 1. The third-order valence-corrected chi connectivity index (χ3v) is 3.83. The molecule has 0 aliphatic rings. The molecule has 25 heavy (non-hydrogen) atoms. The molecule has 0 amide bonds. The van der Waals surface area contributed by atoms with Gasteiger partial charge in [0.25, 0.3) is 0 Å². The van der Waals surface area contributed by atoms with Gasteiger partial charge in [0.05, 0.1) is 24.1 Å². The molecule has 2 aromatic heterocycles. The summed E-state index contributed by atoms with van der Waals surface area (Å²) in [6.45, 7) is 5.83. The quantitative estimate of drug-likeness (QED) is 0.573. The van der Waals surface area contributed by atoms with Crippen molar-refractivity contribution in [3.63, 3.8) is 0 Å². The summed E-state index contributed by atoms with van der Waals surface area (Å²) in [5.41, 5.74) is 3.77. The first-order chi connectivity index (χ1) is 12.1. The maximum atomic E-state index is 12.1. The second-order valence-corrected chi connectivity index (χ2v) is 5.49. The van der Waals surface area contributed by atoms with Crippen LogP contribution in [-0.4, -0.2) is 38.6 Å². The Bertz CT molecular complexity index is 909. The van der Waals surface area contributed by atoms with Gasteiger partial charge >= 0.3 is 5.97 Å². The lowest BCUT2D eigenvalue weighted by Gasteiger charge is -2.02. The summed E-state index contributed by atoms with van der Waals surface area (Å²) in [6.07, 6.45) is 3.19. The van der Waals surface area contributed by atoms with E-state index in [0.29, 0.717) is 18.0 Å². The first-order valence-electron chi connectivity index (χ1n) is 7.98. The van der Waals surface area contributed by atoms with Crippen molar-refractivity contribution in [2.75, 3.05) is 6.61 Å². The smallest absolute Gasteiger partial charge is 0.340 e. The first-order valence-corrected chi connectivity index (χ1v) is 7.98. The Kier molecular flexibility index (Phi) is 4.74. The highest BCUT2D eigenvalue weighted by Gasteiger charge is 2.18. The maximum Gasteiger partial charge on any atom is 0.340 e. The SMILES string of the molecule is CCOC(=O)c1c(C)[nH]c(/C=N/n2cnnc2-c2ccccc2)c1C. The molecule has 2 heterocycles. The molecule has 0 saturated heterocycles. The van der Waals surface area contributed by atoms with E-state index in [0.717, 1.165) is 22.5 Å². The number of H-pyrrole nitrogens is 1. The minimum atomic E-state index is -0.331. The molecule has 0 aliphatic heterocycles. The summed E-state index contributed by atoms with van der Waals surface area (Å²) < 4.78 is 6.69. The fourth-order valence-corrected chi connectivity index (χ4v) is 2.62. The third-order valence-electron chi connectivity index (χ3n) is 3.83. The van der Waals surface area contributed by atoms with Crippen molar-refractivity contribution in [1.82, 2.24) is 19.9 Å². The van der Waals surface area contributed by atoms with Crippen LogP contribution in [0.3, 0.4) is 0 Å². The molecular formula is C18H19N5O2. The van der Waals surface area contributed by atoms with Crippen LogP contribution in [0.5, 0.6) is 0 Å². The molecule has 0 radical (unpaired) electrons. The molecule has 0 aliphatic carbocycles. The van der Waals surface area contributed by atoms with E-state index in [1.807, 2.05) is 44.2 Å². The van der Waals surface area contributed by atoms with Crippen LogP contribution in [0.25, 0.3) is 11.4 Å². The van der Waals surface area contributed by atoms with Crippen LogP contribution in [0.1, 0.15) is 34.2 Å². The Hall–Kier alpha value is -3.22. The van der Waals surface area contributed by atoms with Crippen molar-refractivity contribution in [3.05, 3.63) is 59.2 Å². The Labute approximate surface area is 145 Å². The van der Waals surface area contributed by atoms with Crippen LogP contribution in [-0.2, 0) is 4.74 Å². The van der Waals surface area contributed by atoms with E-state index >= 15 is 0 Å². The van der Waals surface area contributed by atoms with Crippen molar-refractivity contribution in [3.8, 4) is 11.4 Å². The van der Waals surface area contributed by atoms with Crippen LogP contribution in [0.15, 0.2) is 41.8 Å². The van der Waals surface area contributed by atoms with Gasteiger partial charge in [-0.1, -0.05) is 30.3 Å². The summed E-state index contributed by atoms with van der Waals surface area (Å²) in [5.74, 6) is 0.311. The van der Waals surface area contributed by atoms with E-state index in [2.05, 4.69) is 20.3 Å². The summed E-state index contributed by atoms with van der Waals surface area (Å²) >= 11 is 0. The molecule has 128 valence electrons. The van der Waals surface area contributed by atoms with Crippen molar-refractivity contribution in [2.45, 2.75) is 20.8 Å². The van der Waals surface area contributed by atoms with Crippen LogP contribution < -0.4 is 0 Å². The lowest BCUT2D eigenvalue weighted by Crippen LogP contribution is -2.06. The number of carbonyl (C=O) groups excluding carboxylic acids is 1. The number of aromatic amines is 1. The Morgan fingerprint density at radius 3 is 2.80 bits per heavy atom. The van der Waals surface area contributed by atoms with Gasteiger partial charge in [-0.2, -0.15) is 9.78 Å². The number of ether oxygens (including phenoxy) is 1. The standard InChI is InChI=1S/C18H19N5O2/c1-4-25-18(24)16-12(2)15(21-13(16)3)10-20-23-11-19-22-17(23)14-8-6-5-7-9-14/h5-11,21H,4H2,1-3H3/b20-10+. The fraction of sp³-hybridized carbons (Fsp3) is 0.222. The molecule has 0 fully saturated rings. The van der Waals surface area contributed by atoms with Gasteiger partial charge < -0.3 is 9.72 Å². The minimum Gasteiger partial charge on any atom is -0.462 e. The topological polar surface area (TPSA) is 85.2 Å². The van der Waals surface area contributed by atoms with Crippen molar-refractivity contribution in [2.24, 2.45) is 5.10 Å². The molecule has 0 bridgehead atoms. The summed E-state index contributed by atoms with van der Waals surface area (Å²) in [4.78, 5) is 15.2. The molecule has 0 saturated carbocycles. The monoisotopic (exact) mass is 337 g/mol. The lowest BCUT2D eigenvalue weighted by atomic mass is 10.1. The molecule has 3 rings (SSSR count). The van der Waals surface area contributed by atoms with Gasteiger partial charge in [0.1, 0.15) is 6.33 Å². The number of nitrogens with one attached hydrogen (secondary N) is 1. The molecule has 0 atom stereocenters. The third kappa shape index (κ3) is 3.35. The fourth-order valence-electron chi connectivity index (χ4n) is 2.62. The number of aromatic nitrogens is 4. The average Bonchev–Trinajstić information content (AvgIpc) is 3.18. The van der Waals surface area contributed by atoms with Crippen LogP contribution in [0.4, 0.5) is 0 Å². The Morgan fingerprint density at radius 1 is 1.32 bits per heavy atom. The van der Waals surface area contributed by atoms with Crippen LogP contribution in [0, 0.1) is 13.8 Å². The lowest BCUT2D eigenvalue weighted by molar-refractivity contribution is 0.0525. The summed E-state index contributed by atoms with van der Waals surface area (Å²) in [6, 6.07) is 9.69. The molecule has 7 nitrogen and oxygen atoms in total. The Balaban J connectivity index is 1.91. The number of nitrogens with zero attached hydrogens (tertiary/aromatic N) is 4. The molecule has 0 unspecified atom stereocenters. The van der Waals surface area contributed by atoms with Gasteiger partial charge in [0.15, 0.2) is 5.82 Å². The highest BCUT2D eigenvalue weighted by atomic mass is 16.5. The summed E-state index contributed by atoms with van der Waals surface area (Å²) in [5, 5.41) is 12.5. The molecule has 3 aromatic rings. The highest BCUT2D eigenvalue weighted by molar-refractivity contribution is 5.96. The second kappa shape index (κ2) is 7.12. The molecule has 0 spiro atoms. The van der Waals surface area contributed by atoms with Gasteiger partial charge in [-0.25, -0.2) is 4.79 Å². The van der Waals surface area contributed by atoms with Gasteiger partial charge in [0, 0.05) is 11.3 Å². The zero-order valence-electron chi connectivity index (χ0n) is 14.4. The predicted molar refractivity (Wildman–Crippen MR) is 94.7 cm³/mol. The number of aryl methyl sites for hydroxylation is 1. The first kappa shape index (κ1) is 16.6. The van der Waals surface area contributed by atoms with Gasteiger partial charge in [-0.15, -0.1) is 10.2 Å². The van der Waals surface area contributed by atoms with Crippen LogP contribution >= 0.6 is 0 Å². The summed E-state index contributed by atoms with van der Waals surface area (Å²) in [7, 11) is 0. The number of hydrogen-bond acceptors (Lipinski definition) is 5. The number of esters is 1. The maximum absolute atomic E-state index is 12.1. The van der Waals surface area contributed by atoms with E-state index in [1.165, 1.54) is 6.33 Å². The molecule has 7 heteroatoms. The van der Waals surface area contributed by atoms with Crippen molar-refractivity contribution < 1.29 is 9.53 Å². The molecule has 1 aromatic carbocycles. The zero-order chi connectivity index (χ0) is 17.8. The van der Waals surface area contributed by atoms with E-state index in [-0.39, 0.29) is 5.97 Å². The second-order valence-electron chi connectivity index (χ2n) is 5.49. The van der Waals surface area contributed by atoms with E-state index in [9.17, 15) is 4.79 Å². The zero-order valence-corrected chi connectivity index (χ0v) is 14.4. The predicted octanol–water partition coefficient (Wildman–Crippen LogP) is 2.95. The minimum absolute atomic E-state index is 0.331. The molecular weight excluding hydrogens is 318 g/mol. The highest BCUT2D eigenvalue weighted by Crippen LogP contribution is 2.19. The van der Waals surface area contributed by atoms with Crippen molar-refractivity contribution >= 4 is 12.2 Å². The Morgan fingerprint density at radius 2 is 2.08 bits per heavy atom. The van der Waals surface area contributed by atoms with Gasteiger partial charge in [0.2, 0.25) is 0 Å². The van der Waals surface area contributed by atoms with Crippen LogP contribution in [0.2, 0.25) is 0 Å². The van der Waals surface area contributed by atoms with E-state index in [4.69, 9.17) is 4.74 Å².